The molecule has 1 aromatic rings. The Bertz CT molecular complexity index is 791. The molecule has 1 aliphatic rings. The van der Waals surface area contributed by atoms with Gasteiger partial charge in [-0.1, -0.05) is 26.0 Å². The number of hydrogen-bond donors (Lipinski definition) is 2. The maximum Gasteiger partial charge on any atom is 0.244 e. The van der Waals surface area contributed by atoms with Gasteiger partial charge in [-0.05, 0) is 37.3 Å². The van der Waals surface area contributed by atoms with E-state index in [4.69, 9.17) is 5.73 Å². The van der Waals surface area contributed by atoms with E-state index in [1.54, 1.807) is 0 Å². The van der Waals surface area contributed by atoms with Gasteiger partial charge in [0.1, 0.15) is 9.79 Å². The Morgan fingerprint density at radius 1 is 1.08 bits per heavy atom. The largest absolute Gasteiger partial charge is 0.329 e. The van der Waals surface area contributed by atoms with E-state index in [9.17, 15) is 16.8 Å². The quantitative estimate of drug-likeness (QED) is 0.656. The summed E-state index contributed by atoms with van der Waals surface area (Å²) < 4.78 is 55.2. The van der Waals surface area contributed by atoms with Crippen LogP contribution in [0.4, 0.5) is 0 Å². The molecule has 1 heterocycles. The lowest BCUT2D eigenvalue weighted by molar-refractivity contribution is 0.462. The van der Waals surface area contributed by atoms with Crippen molar-refractivity contribution in [2.45, 2.75) is 48.9 Å². The fourth-order valence-electron chi connectivity index (χ4n) is 3.00. The van der Waals surface area contributed by atoms with Crippen LogP contribution in [0.25, 0.3) is 0 Å². The minimum absolute atomic E-state index is 0. The van der Waals surface area contributed by atoms with Crippen molar-refractivity contribution in [3.8, 4) is 0 Å². The van der Waals surface area contributed by atoms with Gasteiger partial charge < -0.3 is 5.73 Å². The molecule has 1 saturated heterocycles. The number of rotatable bonds is 8. The van der Waals surface area contributed by atoms with E-state index in [0.717, 1.165) is 12.8 Å². The van der Waals surface area contributed by atoms with E-state index in [2.05, 4.69) is 4.72 Å². The lowest BCUT2D eigenvalue weighted by Gasteiger charge is -2.21. The summed E-state index contributed by atoms with van der Waals surface area (Å²) in [5.74, 6) is 0.264. The fourth-order valence-corrected chi connectivity index (χ4v) is 6.58. The van der Waals surface area contributed by atoms with Crippen molar-refractivity contribution in [2.24, 2.45) is 11.7 Å². The standard InChI is InChI=1S/C16H27N3O4S2.ClH/c1-13(2)11-14(12-17)18-24(20,21)15-7-3-4-8-16(15)25(22,23)19-9-5-6-10-19;/h3-4,7-8,13-14,18H,5-6,9-12,17H2,1-2H3;1H. The van der Waals surface area contributed by atoms with Crippen LogP contribution >= 0.6 is 12.4 Å². The molecule has 1 atom stereocenters. The summed E-state index contributed by atoms with van der Waals surface area (Å²) >= 11 is 0. The Morgan fingerprint density at radius 3 is 2.12 bits per heavy atom. The molecule has 0 bridgehead atoms. The molecule has 0 aliphatic carbocycles. The molecule has 0 saturated carbocycles. The summed E-state index contributed by atoms with van der Waals surface area (Å²) in [4.78, 5) is -0.395. The summed E-state index contributed by atoms with van der Waals surface area (Å²) in [7, 11) is -7.83. The number of nitrogens with zero attached hydrogens (tertiary/aromatic N) is 1. The number of hydrogen-bond acceptors (Lipinski definition) is 5. The minimum Gasteiger partial charge on any atom is -0.329 e. The highest BCUT2D eigenvalue weighted by Crippen LogP contribution is 2.27. The summed E-state index contributed by atoms with van der Waals surface area (Å²) in [5.41, 5.74) is 5.68. The SMILES string of the molecule is CC(C)CC(CN)NS(=O)(=O)c1ccccc1S(=O)(=O)N1CCCC1.Cl. The zero-order valence-corrected chi connectivity index (χ0v) is 17.5. The lowest BCUT2D eigenvalue weighted by atomic mass is 10.1. The van der Waals surface area contributed by atoms with Gasteiger partial charge in [-0.2, -0.15) is 4.31 Å². The number of nitrogens with two attached hydrogens (primary N) is 1. The van der Waals surface area contributed by atoms with Crippen LogP contribution in [0.5, 0.6) is 0 Å². The summed E-state index contributed by atoms with van der Waals surface area (Å²) in [6, 6.07) is 5.30. The molecule has 7 nitrogen and oxygen atoms in total. The predicted octanol–water partition coefficient (Wildman–Crippen LogP) is 1.54. The molecule has 1 aromatic carbocycles. The van der Waals surface area contributed by atoms with Crippen LogP contribution in [-0.4, -0.2) is 46.8 Å². The lowest BCUT2D eigenvalue weighted by Crippen LogP contribution is -2.41. The molecule has 1 aliphatic heterocycles. The zero-order chi connectivity index (χ0) is 18.7. The van der Waals surface area contributed by atoms with Gasteiger partial charge in [-0.15, -0.1) is 12.4 Å². The van der Waals surface area contributed by atoms with E-state index in [-0.39, 0.29) is 34.7 Å². The molecule has 26 heavy (non-hydrogen) atoms. The topological polar surface area (TPSA) is 110 Å². The first-order valence-corrected chi connectivity index (χ1v) is 11.4. The molecular weight excluding hydrogens is 398 g/mol. The van der Waals surface area contributed by atoms with Gasteiger partial charge in [-0.3, -0.25) is 0 Å². The van der Waals surface area contributed by atoms with Gasteiger partial charge >= 0.3 is 0 Å². The Morgan fingerprint density at radius 2 is 1.62 bits per heavy atom. The summed E-state index contributed by atoms with van der Waals surface area (Å²) in [5, 5.41) is 0. The van der Waals surface area contributed by atoms with E-state index in [1.165, 1.54) is 28.6 Å². The van der Waals surface area contributed by atoms with Crippen molar-refractivity contribution >= 4 is 32.5 Å². The molecule has 0 amide bonds. The molecule has 150 valence electrons. The third-order valence-corrected chi connectivity index (χ3v) is 7.85. The Kier molecular flexibility index (Phi) is 8.50. The van der Waals surface area contributed by atoms with Crippen molar-refractivity contribution in [2.75, 3.05) is 19.6 Å². The molecule has 3 N–H and O–H groups in total. The monoisotopic (exact) mass is 425 g/mol. The first-order chi connectivity index (χ1) is 11.7. The summed E-state index contributed by atoms with van der Waals surface area (Å²) in [6.45, 7) is 4.94. The number of sulfonamides is 2. The van der Waals surface area contributed by atoms with Crippen LogP contribution in [0.3, 0.4) is 0 Å². The van der Waals surface area contributed by atoms with Crippen LogP contribution in [0.15, 0.2) is 34.1 Å². The predicted molar refractivity (Wildman–Crippen MR) is 104 cm³/mol. The first-order valence-electron chi connectivity index (χ1n) is 8.50. The molecule has 2 rings (SSSR count). The van der Waals surface area contributed by atoms with E-state index in [0.29, 0.717) is 19.5 Å². The van der Waals surface area contributed by atoms with E-state index < -0.39 is 26.1 Å². The van der Waals surface area contributed by atoms with Crippen LogP contribution in [0, 0.1) is 5.92 Å². The second kappa shape index (κ2) is 9.48. The second-order valence-corrected chi connectivity index (χ2v) is 10.3. The molecule has 0 aromatic heterocycles. The van der Waals surface area contributed by atoms with Crippen molar-refractivity contribution in [1.29, 1.82) is 0 Å². The van der Waals surface area contributed by atoms with Crippen molar-refractivity contribution < 1.29 is 16.8 Å². The van der Waals surface area contributed by atoms with Gasteiger partial charge in [0.25, 0.3) is 0 Å². The summed E-state index contributed by atoms with van der Waals surface area (Å²) in [6.07, 6.45) is 2.16. The van der Waals surface area contributed by atoms with Gasteiger partial charge in [-0.25, -0.2) is 21.6 Å². The number of benzene rings is 1. The van der Waals surface area contributed by atoms with Gasteiger partial charge in [0.05, 0.1) is 0 Å². The molecule has 1 unspecified atom stereocenters. The van der Waals surface area contributed by atoms with Crippen molar-refractivity contribution in [1.82, 2.24) is 9.03 Å². The van der Waals surface area contributed by atoms with Gasteiger partial charge in [0.15, 0.2) is 0 Å². The molecule has 10 heteroatoms. The van der Waals surface area contributed by atoms with Crippen LogP contribution in [-0.2, 0) is 20.0 Å². The highest BCUT2D eigenvalue weighted by atomic mass is 35.5. The molecule has 1 fully saturated rings. The van der Waals surface area contributed by atoms with Crippen LogP contribution in [0.2, 0.25) is 0 Å². The zero-order valence-electron chi connectivity index (χ0n) is 15.1. The van der Waals surface area contributed by atoms with Crippen molar-refractivity contribution in [3.63, 3.8) is 0 Å². The van der Waals surface area contributed by atoms with Gasteiger partial charge in [0.2, 0.25) is 20.0 Å². The fraction of sp³-hybridized carbons (Fsp3) is 0.625. The Balaban J connectivity index is 0.00000338. The molecule has 0 spiro atoms. The maximum absolute atomic E-state index is 12.8. The third kappa shape index (κ3) is 5.40. The van der Waals surface area contributed by atoms with Crippen molar-refractivity contribution in [3.05, 3.63) is 24.3 Å². The van der Waals surface area contributed by atoms with Crippen LogP contribution in [0.1, 0.15) is 33.1 Å². The minimum atomic E-state index is -4.00. The van der Waals surface area contributed by atoms with Crippen LogP contribution < -0.4 is 10.5 Å². The van der Waals surface area contributed by atoms with Gasteiger partial charge in [0, 0.05) is 25.7 Å². The number of halogens is 1. The maximum atomic E-state index is 12.8. The normalized spacial score (nSPS) is 17.2. The smallest absolute Gasteiger partial charge is 0.244 e. The highest BCUT2D eigenvalue weighted by Gasteiger charge is 2.33. The highest BCUT2D eigenvalue weighted by molar-refractivity contribution is 7.92. The van der Waals surface area contributed by atoms with E-state index >= 15 is 0 Å². The Labute approximate surface area is 162 Å². The Hall–Kier alpha value is -0.710. The third-order valence-electron chi connectivity index (χ3n) is 4.18. The number of nitrogens with one attached hydrogen (secondary N) is 1. The second-order valence-electron chi connectivity index (χ2n) is 6.74. The average molecular weight is 426 g/mol. The average Bonchev–Trinajstić information content (AvgIpc) is 3.09. The van der Waals surface area contributed by atoms with E-state index in [1.807, 2.05) is 13.8 Å². The molecule has 0 radical (unpaired) electrons. The first kappa shape index (κ1) is 23.3. The molecular formula is C16H28ClN3O4S2.